The van der Waals surface area contributed by atoms with Crippen LogP contribution < -0.4 is 5.43 Å². The number of nitro groups is 1. The number of hydrogen-bond donors (Lipinski definition) is 1. The first-order valence-corrected chi connectivity index (χ1v) is 6.35. The number of nitrogens with one attached hydrogen (secondary N) is 1. The van der Waals surface area contributed by atoms with Crippen LogP contribution in [0.3, 0.4) is 0 Å². The Labute approximate surface area is 116 Å². The van der Waals surface area contributed by atoms with Crippen LogP contribution in [0, 0.1) is 10.1 Å². The number of hydrogen-bond acceptors (Lipinski definition) is 4. The van der Waals surface area contributed by atoms with Crippen LogP contribution >= 0.6 is 0 Å². The van der Waals surface area contributed by atoms with Crippen LogP contribution in [0.5, 0.6) is 0 Å². The van der Waals surface area contributed by atoms with E-state index in [9.17, 15) is 10.1 Å². The highest BCUT2D eigenvalue weighted by Crippen LogP contribution is 2.21. The molecule has 3 rings (SSSR count). The molecule has 0 aliphatic heterocycles. The third-order valence-corrected chi connectivity index (χ3v) is 3.31. The average molecular weight is 267 g/mol. The molecule has 0 radical (unpaired) electrons. The van der Waals surface area contributed by atoms with E-state index in [1.54, 1.807) is 12.1 Å². The van der Waals surface area contributed by atoms with Crippen molar-refractivity contribution in [2.24, 2.45) is 5.10 Å². The van der Waals surface area contributed by atoms with E-state index >= 15 is 0 Å². The first-order chi connectivity index (χ1) is 9.72. The minimum atomic E-state index is -0.413. The highest BCUT2D eigenvalue weighted by Gasteiger charge is 2.15. The average Bonchev–Trinajstić information content (AvgIpc) is 2.88. The number of benzene rings is 2. The zero-order valence-electron chi connectivity index (χ0n) is 10.7. The molecule has 5 nitrogen and oxygen atoms in total. The van der Waals surface area contributed by atoms with Crippen molar-refractivity contribution in [3.8, 4) is 0 Å². The quantitative estimate of drug-likeness (QED) is 0.686. The van der Waals surface area contributed by atoms with Gasteiger partial charge in [-0.2, -0.15) is 5.10 Å². The number of non-ortho nitro benzene ring substituents is 1. The van der Waals surface area contributed by atoms with E-state index in [4.69, 9.17) is 0 Å². The van der Waals surface area contributed by atoms with Gasteiger partial charge in [0.25, 0.3) is 5.69 Å². The molecule has 0 atom stereocenters. The number of nitrogens with zero attached hydrogens (tertiary/aromatic N) is 2. The summed E-state index contributed by atoms with van der Waals surface area (Å²) < 4.78 is 0. The van der Waals surface area contributed by atoms with Gasteiger partial charge in [-0.05, 0) is 17.2 Å². The van der Waals surface area contributed by atoms with Crippen molar-refractivity contribution in [3.05, 3.63) is 69.8 Å². The van der Waals surface area contributed by atoms with Crippen molar-refractivity contribution in [2.75, 3.05) is 5.43 Å². The molecule has 100 valence electrons. The molecule has 0 unspecified atom stereocenters. The molecule has 1 aliphatic rings. The molecule has 2 aromatic rings. The standard InChI is InChI=1S/C15H13N3O2/c19-18(20)15-7-3-6-13(10-15)16-17-14-8-11-4-1-2-5-12(11)9-14/h1-7,10,16H,8-9H2. The second-order valence-corrected chi connectivity index (χ2v) is 4.72. The number of fused-ring (bicyclic) bond motifs is 1. The molecule has 20 heavy (non-hydrogen) atoms. The van der Waals surface area contributed by atoms with E-state index in [-0.39, 0.29) is 5.69 Å². The smallest absolute Gasteiger partial charge is 0.271 e. The summed E-state index contributed by atoms with van der Waals surface area (Å²) in [5.41, 5.74) is 7.22. The lowest BCUT2D eigenvalue weighted by molar-refractivity contribution is -0.384. The van der Waals surface area contributed by atoms with Crippen LogP contribution in [0.15, 0.2) is 53.6 Å². The maximum Gasteiger partial charge on any atom is 0.271 e. The molecule has 0 fully saturated rings. The lowest BCUT2D eigenvalue weighted by Gasteiger charge is -2.01. The number of anilines is 1. The largest absolute Gasteiger partial charge is 0.278 e. The monoisotopic (exact) mass is 267 g/mol. The molecule has 1 N–H and O–H groups in total. The van der Waals surface area contributed by atoms with Gasteiger partial charge in [0.2, 0.25) is 0 Å². The molecule has 1 aliphatic carbocycles. The van der Waals surface area contributed by atoms with Crippen LogP contribution in [0.25, 0.3) is 0 Å². The van der Waals surface area contributed by atoms with E-state index in [2.05, 4.69) is 22.7 Å². The van der Waals surface area contributed by atoms with Crippen LogP contribution in [-0.2, 0) is 12.8 Å². The van der Waals surface area contributed by atoms with Gasteiger partial charge in [-0.25, -0.2) is 0 Å². The summed E-state index contributed by atoms with van der Waals surface area (Å²) in [4.78, 5) is 10.3. The Bertz CT molecular complexity index is 668. The number of nitro benzene ring substituents is 1. The fourth-order valence-electron chi connectivity index (χ4n) is 2.32. The molecule has 0 bridgehead atoms. The van der Waals surface area contributed by atoms with Gasteiger partial charge in [-0.1, -0.05) is 30.3 Å². The summed E-state index contributed by atoms with van der Waals surface area (Å²) in [7, 11) is 0. The van der Waals surface area contributed by atoms with Crippen LogP contribution in [0.4, 0.5) is 11.4 Å². The maximum absolute atomic E-state index is 10.7. The van der Waals surface area contributed by atoms with Crippen molar-refractivity contribution in [2.45, 2.75) is 12.8 Å². The molecule has 0 saturated carbocycles. The zero-order valence-corrected chi connectivity index (χ0v) is 10.7. The lowest BCUT2D eigenvalue weighted by atomic mass is 10.1. The van der Waals surface area contributed by atoms with Gasteiger partial charge in [0.1, 0.15) is 0 Å². The molecular weight excluding hydrogens is 254 g/mol. The highest BCUT2D eigenvalue weighted by molar-refractivity contribution is 5.93. The van der Waals surface area contributed by atoms with Gasteiger partial charge in [-0.15, -0.1) is 0 Å². The summed E-state index contributed by atoms with van der Waals surface area (Å²) in [5, 5.41) is 15.1. The third kappa shape index (κ3) is 2.51. The van der Waals surface area contributed by atoms with Crippen LogP contribution in [0.2, 0.25) is 0 Å². The van der Waals surface area contributed by atoms with Crippen LogP contribution in [-0.4, -0.2) is 10.6 Å². The third-order valence-electron chi connectivity index (χ3n) is 3.31. The topological polar surface area (TPSA) is 67.5 Å². The SMILES string of the molecule is O=[N+]([O-])c1cccc(NN=C2Cc3ccccc3C2)c1. The Hall–Kier alpha value is -2.69. The first kappa shape index (κ1) is 12.3. The normalized spacial score (nSPS) is 12.9. The molecule has 0 amide bonds. The summed E-state index contributed by atoms with van der Waals surface area (Å²) in [6.45, 7) is 0. The molecule has 2 aromatic carbocycles. The van der Waals surface area contributed by atoms with Gasteiger partial charge < -0.3 is 0 Å². The Kier molecular flexibility index (Phi) is 3.16. The molecule has 0 heterocycles. The molecule has 0 saturated heterocycles. The van der Waals surface area contributed by atoms with Crippen molar-refractivity contribution < 1.29 is 4.92 Å². The number of rotatable bonds is 3. The minimum Gasteiger partial charge on any atom is -0.278 e. The predicted octanol–water partition coefficient (Wildman–Crippen LogP) is 3.16. The van der Waals surface area contributed by atoms with Gasteiger partial charge in [0.05, 0.1) is 10.6 Å². The van der Waals surface area contributed by atoms with E-state index < -0.39 is 4.92 Å². The predicted molar refractivity (Wildman–Crippen MR) is 78.0 cm³/mol. The van der Waals surface area contributed by atoms with E-state index in [0.717, 1.165) is 18.6 Å². The molecular formula is C15H13N3O2. The Morgan fingerprint density at radius 3 is 2.40 bits per heavy atom. The summed E-state index contributed by atoms with van der Waals surface area (Å²) >= 11 is 0. The number of hydrazone groups is 1. The fraction of sp³-hybridized carbons (Fsp3) is 0.133. The maximum atomic E-state index is 10.7. The zero-order chi connectivity index (χ0) is 13.9. The molecule has 0 spiro atoms. The van der Waals surface area contributed by atoms with Gasteiger partial charge >= 0.3 is 0 Å². The van der Waals surface area contributed by atoms with E-state index in [1.807, 2.05) is 12.1 Å². The Morgan fingerprint density at radius 1 is 1.05 bits per heavy atom. The van der Waals surface area contributed by atoms with Gasteiger partial charge in [-0.3, -0.25) is 15.5 Å². The minimum absolute atomic E-state index is 0.0601. The van der Waals surface area contributed by atoms with Gasteiger partial charge in [0, 0.05) is 30.7 Å². The highest BCUT2D eigenvalue weighted by atomic mass is 16.6. The fourth-order valence-corrected chi connectivity index (χ4v) is 2.32. The van der Waals surface area contributed by atoms with E-state index in [0.29, 0.717) is 5.69 Å². The van der Waals surface area contributed by atoms with Gasteiger partial charge in [0.15, 0.2) is 0 Å². The van der Waals surface area contributed by atoms with Crippen molar-refractivity contribution in [1.29, 1.82) is 0 Å². The first-order valence-electron chi connectivity index (χ1n) is 6.35. The van der Waals surface area contributed by atoms with E-state index in [1.165, 1.54) is 23.3 Å². The summed E-state index contributed by atoms with van der Waals surface area (Å²) in [5.74, 6) is 0. The van der Waals surface area contributed by atoms with Crippen molar-refractivity contribution >= 4 is 17.1 Å². The Balaban J connectivity index is 1.73. The second kappa shape index (κ2) is 5.13. The molecule has 5 heteroatoms. The summed E-state index contributed by atoms with van der Waals surface area (Å²) in [6.07, 6.45) is 1.66. The van der Waals surface area contributed by atoms with Crippen molar-refractivity contribution in [3.63, 3.8) is 0 Å². The van der Waals surface area contributed by atoms with Crippen LogP contribution in [0.1, 0.15) is 11.1 Å². The lowest BCUT2D eigenvalue weighted by Crippen LogP contribution is -2.01. The van der Waals surface area contributed by atoms with Crippen molar-refractivity contribution in [1.82, 2.24) is 0 Å². The second-order valence-electron chi connectivity index (χ2n) is 4.72. The Morgan fingerprint density at radius 2 is 1.75 bits per heavy atom. The molecule has 0 aromatic heterocycles. The summed E-state index contributed by atoms with van der Waals surface area (Å²) in [6, 6.07) is 14.6.